The number of carbonyl (C=O) groups excluding carboxylic acids is 1. The second-order valence-electron chi connectivity index (χ2n) is 6.51. The fraction of sp³-hybridized carbons (Fsp3) is 0.381. The van der Waals surface area contributed by atoms with Crippen molar-refractivity contribution in [2.45, 2.75) is 19.8 Å². The third kappa shape index (κ3) is 4.13. The van der Waals surface area contributed by atoms with E-state index in [9.17, 15) is 4.79 Å². The van der Waals surface area contributed by atoms with Crippen LogP contribution in [0.5, 0.6) is 11.5 Å². The molecule has 2 aromatic rings. The van der Waals surface area contributed by atoms with Crippen molar-refractivity contribution in [1.82, 2.24) is 4.90 Å². The lowest BCUT2D eigenvalue weighted by molar-refractivity contribution is 0.0657. The molecule has 0 spiro atoms. The molecule has 0 saturated carbocycles. The summed E-state index contributed by atoms with van der Waals surface area (Å²) in [6.45, 7) is 4.29. The highest BCUT2D eigenvalue weighted by Crippen LogP contribution is 2.25. The van der Waals surface area contributed by atoms with Gasteiger partial charge in [-0.3, -0.25) is 4.79 Å². The second kappa shape index (κ2) is 8.06. The van der Waals surface area contributed by atoms with E-state index < -0.39 is 0 Å². The molecular formula is C21H25NO3. The number of hydrogen-bond donors (Lipinski definition) is 0. The van der Waals surface area contributed by atoms with E-state index in [-0.39, 0.29) is 5.91 Å². The topological polar surface area (TPSA) is 38.8 Å². The monoisotopic (exact) mass is 339 g/mol. The number of para-hydroxylation sites is 2. The number of nitrogens with zero attached hydrogens (tertiary/aromatic N) is 1. The standard InChI is InChI=1S/C21H25NO3/c1-16-7-3-5-9-19(16)25-15-17-11-13-22(14-12-17)21(23)18-8-4-6-10-20(18)24-2/h3-10,17H,11-15H2,1-2H3. The Bertz CT molecular complexity index is 721. The summed E-state index contributed by atoms with van der Waals surface area (Å²) in [4.78, 5) is 14.6. The smallest absolute Gasteiger partial charge is 0.257 e. The summed E-state index contributed by atoms with van der Waals surface area (Å²) in [5.41, 5.74) is 1.80. The van der Waals surface area contributed by atoms with Gasteiger partial charge in [0.1, 0.15) is 11.5 Å². The quantitative estimate of drug-likeness (QED) is 0.828. The summed E-state index contributed by atoms with van der Waals surface area (Å²) < 4.78 is 11.3. The Morgan fingerprint density at radius 1 is 1.04 bits per heavy atom. The molecule has 0 N–H and O–H groups in total. The molecule has 132 valence electrons. The van der Waals surface area contributed by atoms with Crippen LogP contribution in [0.15, 0.2) is 48.5 Å². The average Bonchev–Trinajstić information content (AvgIpc) is 2.67. The molecule has 0 unspecified atom stereocenters. The van der Waals surface area contributed by atoms with Crippen molar-refractivity contribution in [3.05, 3.63) is 59.7 Å². The van der Waals surface area contributed by atoms with E-state index in [1.54, 1.807) is 7.11 Å². The van der Waals surface area contributed by atoms with Crippen LogP contribution in [0, 0.1) is 12.8 Å². The normalized spacial score (nSPS) is 15.0. The van der Waals surface area contributed by atoms with E-state index in [0.717, 1.165) is 37.2 Å². The molecule has 4 nitrogen and oxygen atoms in total. The SMILES string of the molecule is COc1ccccc1C(=O)N1CCC(COc2ccccc2C)CC1. The Morgan fingerprint density at radius 3 is 2.36 bits per heavy atom. The van der Waals surface area contributed by atoms with Crippen LogP contribution < -0.4 is 9.47 Å². The van der Waals surface area contributed by atoms with Crippen LogP contribution in [0.2, 0.25) is 0 Å². The summed E-state index contributed by atoms with van der Waals surface area (Å²) in [6.07, 6.45) is 1.93. The largest absolute Gasteiger partial charge is 0.496 e. The van der Waals surface area contributed by atoms with Gasteiger partial charge in [0.05, 0.1) is 19.3 Å². The van der Waals surface area contributed by atoms with E-state index in [1.165, 1.54) is 0 Å². The molecule has 1 aliphatic rings. The van der Waals surface area contributed by atoms with E-state index in [0.29, 0.717) is 23.8 Å². The fourth-order valence-corrected chi connectivity index (χ4v) is 3.22. The van der Waals surface area contributed by atoms with Crippen molar-refractivity contribution in [3.63, 3.8) is 0 Å². The third-order valence-electron chi connectivity index (χ3n) is 4.81. The number of ether oxygens (including phenoxy) is 2. The molecule has 1 heterocycles. The van der Waals surface area contributed by atoms with E-state index >= 15 is 0 Å². The number of aryl methyl sites for hydroxylation is 1. The maximum Gasteiger partial charge on any atom is 0.257 e. The number of carbonyl (C=O) groups is 1. The molecule has 1 fully saturated rings. The first kappa shape index (κ1) is 17.3. The molecule has 25 heavy (non-hydrogen) atoms. The maximum atomic E-state index is 12.7. The predicted octanol–water partition coefficient (Wildman–Crippen LogP) is 3.93. The molecule has 0 aromatic heterocycles. The number of amides is 1. The van der Waals surface area contributed by atoms with Gasteiger partial charge < -0.3 is 14.4 Å². The van der Waals surface area contributed by atoms with Crippen molar-refractivity contribution in [1.29, 1.82) is 0 Å². The number of hydrogen-bond acceptors (Lipinski definition) is 3. The van der Waals surface area contributed by atoms with E-state index in [2.05, 4.69) is 13.0 Å². The van der Waals surface area contributed by atoms with Gasteiger partial charge in [-0.1, -0.05) is 30.3 Å². The van der Waals surface area contributed by atoms with Crippen LogP contribution in [-0.4, -0.2) is 37.6 Å². The van der Waals surface area contributed by atoms with Crippen LogP contribution in [-0.2, 0) is 0 Å². The molecule has 1 aliphatic heterocycles. The summed E-state index contributed by atoms with van der Waals surface area (Å²) in [7, 11) is 1.60. The zero-order chi connectivity index (χ0) is 17.6. The Morgan fingerprint density at radius 2 is 1.68 bits per heavy atom. The lowest BCUT2D eigenvalue weighted by Gasteiger charge is -2.32. The molecule has 1 amide bonds. The van der Waals surface area contributed by atoms with Gasteiger partial charge >= 0.3 is 0 Å². The van der Waals surface area contributed by atoms with E-state index in [1.807, 2.05) is 47.4 Å². The van der Waals surface area contributed by atoms with Crippen LogP contribution in [0.3, 0.4) is 0 Å². The number of rotatable bonds is 5. The maximum absolute atomic E-state index is 12.7. The lowest BCUT2D eigenvalue weighted by Crippen LogP contribution is -2.39. The van der Waals surface area contributed by atoms with Gasteiger partial charge in [0.25, 0.3) is 5.91 Å². The van der Waals surface area contributed by atoms with Gasteiger partial charge in [0.15, 0.2) is 0 Å². The van der Waals surface area contributed by atoms with Gasteiger partial charge in [0.2, 0.25) is 0 Å². The van der Waals surface area contributed by atoms with Gasteiger partial charge in [-0.2, -0.15) is 0 Å². The van der Waals surface area contributed by atoms with Gasteiger partial charge in [-0.05, 0) is 49.4 Å². The van der Waals surface area contributed by atoms with Crippen molar-refractivity contribution < 1.29 is 14.3 Å². The first-order chi connectivity index (χ1) is 12.2. The highest BCUT2D eigenvalue weighted by molar-refractivity contribution is 5.97. The summed E-state index contributed by atoms with van der Waals surface area (Å²) in [5.74, 6) is 2.13. The summed E-state index contributed by atoms with van der Waals surface area (Å²) in [5, 5.41) is 0. The lowest BCUT2D eigenvalue weighted by atomic mass is 9.97. The summed E-state index contributed by atoms with van der Waals surface area (Å²) in [6, 6.07) is 15.5. The van der Waals surface area contributed by atoms with Gasteiger partial charge in [-0.25, -0.2) is 0 Å². The zero-order valence-electron chi connectivity index (χ0n) is 14.9. The molecule has 0 atom stereocenters. The van der Waals surface area contributed by atoms with Crippen LogP contribution in [0.25, 0.3) is 0 Å². The predicted molar refractivity (Wildman–Crippen MR) is 98.3 cm³/mol. The first-order valence-corrected chi connectivity index (χ1v) is 8.79. The highest BCUT2D eigenvalue weighted by Gasteiger charge is 2.25. The molecule has 0 bridgehead atoms. The van der Waals surface area contributed by atoms with Crippen LogP contribution in [0.1, 0.15) is 28.8 Å². The van der Waals surface area contributed by atoms with Gasteiger partial charge in [-0.15, -0.1) is 0 Å². The highest BCUT2D eigenvalue weighted by atomic mass is 16.5. The Kier molecular flexibility index (Phi) is 5.59. The first-order valence-electron chi connectivity index (χ1n) is 8.79. The Balaban J connectivity index is 1.53. The van der Waals surface area contributed by atoms with Crippen LogP contribution in [0.4, 0.5) is 0 Å². The average molecular weight is 339 g/mol. The third-order valence-corrected chi connectivity index (χ3v) is 4.81. The minimum Gasteiger partial charge on any atom is -0.496 e. The van der Waals surface area contributed by atoms with Gasteiger partial charge in [0, 0.05) is 13.1 Å². The fourth-order valence-electron chi connectivity index (χ4n) is 3.22. The molecule has 2 aromatic carbocycles. The molecule has 4 heteroatoms. The zero-order valence-corrected chi connectivity index (χ0v) is 14.9. The van der Waals surface area contributed by atoms with E-state index in [4.69, 9.17) is 9.47 Å². The molecular weight excluding hydrogens is 314 g/mol. The van der Waals surface area contributed by atoms with Crippen LogP contribution >= 0.6 is 0 Å². The number of benzene rings is 2. The number of piperidine rings is 1. The number of likely N-dealkylation sites (tertiary alicyclic amines) is 1. The van der Waals surface area contributed by atoms with Crippen molar-refractivity contribution in [2.75, 3.05) is 26.8 Å². The number of methoxy groups -OCH3 is 1. The van der Waals surface area contributed by atoms with Crippen molar-refractivity contribution >= 4 is 5.91 Å². The van der Waals surface area contributed by atoms with Crippen molar-refractivity contribution in [3.8, 4) is 11.5 Å². The molecule has 0 aliphatic carbocycles. The second-order valence-corrected chi connectivity index (χ2v) is 6.51. The van der Waals surface area contributed by atoms with Crippen molar-refractivity contribution in [2.24, 2.45) is 5.92 Å². The molecule has 0 radical (unpaired) electrons. The Labute approximate surface area is 149 Å². The molecule has 3 rings (SSSR count). The minimum atomic E-state index is 0.0516. The Hall–Kier alpha value is -2.49. The minimum absolute atomic E-state index is 0.0516. The summed E-state index contributed by atoms with van der Waals surface area (Å²) >= 11 is 0. The molecule has 1 saturated heterocycles.